The van der Waals surface area contributed by atoms with E-state index >= 15 is 0 Å². The first-order chi connectivity index (χ1) is 12.7. The van der Waals surface area contributed by atoms with Crippen molar-refractivity contribution in [3.05, 3.63) is 57.0 Å². The maximum Gasteiger partial charge on any atom is 0.241 e. The molecule has 1 heterocycles. The highest BCUT2D eigenvalue weighted by atomic mass is 79.9. The third-order valence-corrected chi connectivity index (χ3v) is 7.41. The Bertz CT molecular complexity index is 994. The number of rotatable bonds is 5. The van der Waals surface area contributed by atoms with Gasteiger partial charge < -0.3 is 4.90 Å². The maximum absolute atomic E-state index is 12.8. The van der Waals surface area contributed by atoms with E-state index in [1.54, 1.807) is 23.1 Å². The van der Waals surface area contributed by atoms with Crippen LogP contribution in [0.25, 0.3) is 0 Å². The molecule has 0 aliphatic carbocycles. The molecule has 1 amide bonds. The standard InChI is InChI=1S/C19H20BrClN2O3S/c1-12-9-15-10-16(20)19(11-18(15)23(12)13(2)24)27(25,26)22-8-7-14-5-3-4-6-17(14)21/h3-6,10-12,22H,7-9H2,1-2H3/t12-/m1/s1. The van der Waals surface area contributed by atoms with Crippen LogP contribution in [0.15, 0.2) is 45.8 Å². The Hall–Kier alpha value is -1.41. The molecule has 0 aromatic heterocycles. The molecule has 0 radical (unpaired) electrons. The number of fused-ring (bicyclic) bond motifs is 1. The second kappa shape index (κ2) is 7.91. The molecule has 0 saturated heterocycles. The van der Waals surface area contributed by atoms with Crippen molar-refractivity contribution in [2.45, 2.75) is 37.6 Å². The quantitative estimate of drug-likeness (QED) is 0.719. The Morgan fingerprint density at radius 3 is 2.70 bits per heavy atom. The van der Waals surface area contributed by atoms with Crippen molar-refractivity contribution in [2.24, 2.45) is 0 Å². The van der Waals surface area contributed by atoms with Gasteiger partial charge >= 0.3 is 0 Å². The summed E-state index contributed by atoms with van der Waals surface area (Å²) in [5, 5.41) is 0.612. The normalized spacial score (nSPS) is 16.4. The summed E-state index contributed by atoms with van der Waals surface area (Å²) in [7, 11) is -3.74. The van der Waals surface area contributed by atoms with Gasteiger partial charge in [-0.2, -0.15) is 0 Å². The number of nitrogens with one attached hydrogen (secondary N) is 1. The minimum absolute atomic E-state index is 0.00976. The third kappa shape index (κ3) is 4.21. The number of amides is 1. The van der Waals surface area contributed by atoms with Gasteiger partial charge in [0.1, 0.15) is 0 Å². The topological polar surface area (TPSA) is 66.5 Å². The SMILES string of the molecule is CC(=O)N1c2cc(S(=O)(=O)NCCc3ccccc3Cl)c(Br)cc2C[C@H]1C. The fraction of sp³-hybridized carbons (Fsp3) is 0.316. The minimum atomic E-state index is -3.74. The first kappa shape index (κ1) is 20.3. The van der Waals surface area contributed by atoms with Crippen molar-refractivity contribution in [2.75, 3.05) is 11.4 Å². The summed E-state index contributed by atoms with van der Waals surface area (Å²) < 4.78 is 28.7. The van der Waals surface area contributed by atoms with Crippen LogP contribution in [0.4, 0.5) is 5.69 Å². The highest BCUT2D eigenvalue weighted by molar-refractivity contribution is 9.10. The van der Waals surface area contributed by atoms with Crippen LogP contribution in [-0.4, -0.2) is 26.9 Å². The minimum Gasteiger partial charge on any atom is -0.309 e. The number of hydrogen-bond acceptors (Lipinski definition) is 3. The molecule has 5 nitrogen and oxygen atoms in total. The molecule has 1 N–H and O–H groups in total. The summed E-state index contributed by atoms with van der Waals surface area (Å²) in [6, 6.07) is 10.7. The molecule has 0 spiro atoms. The van der Waals surface area contributed by atoms with E-state index in [9.17, 15) is 13.2 Å². The van der Waals surface area contributed by atoms with Crippen LogP contribution < -0.4 is 9.62 Å². The molecular formula is C19H20BrClN2O3S. The molecule has 0 fully saturated rings. The van der Waals surface area contributed by atoms with Gasteiger partial charge in [0.05, 0.1) is 4.90 Å². The summed E-state index contributed by atoms with van der Waals surface area (Å²) >= 11 is 9.48. The van der Waals surface area contributed by atoms with Gasteiger partial charge in [-0.3, -0.25) is 4.79 Å². The summed E-state index contributed by atoms with van der Waals surface area (Å²) in [5.41, 5.74) is 2.50. The average Bonchev–Trinajstić information content (AvgIpc) is 2.90. The van der Waals surface area contributed by atoms with Crippen molar-refractivity contribution in [1.29, 1.82) is 0 Å². The number of anilines is 1. The summed E-state index contributed by atoms with van der Waals surface area (Å²) in [4.78, 5) is 13.7. The van der Waals surface area contributed by atoms with Gasteiger partial charge in [0.25, 0.3) is 0 Å². The zero-order chi connectivity index (χ0) is 19.8. The zero-order valence-corrected chi connectivity index (χ0v) is 18.2. The molecule has 0 saturated carbocycles. The maximum atomic E-state index is 12.8. The molecule has 2 aromatic rings. The predicted molar refractivity (Wildman–Crippen MR) is 111 cm³/mol. The molecule has 0 unspecified atom stereocenters. The highest BCUT2D eigenvalue weighted by Gasteiger charge is 2.31. The number of halogens is 2. The molecular weight excluding hydrogens is 452 g/mol. The summed E-state index contributed by atoms with van der Waals surface area (Å²) in [5.74, 6) is -0.0985. The van der Waals surface area contributed by atoms with Crippen LogP contribution in [-0.2, 0) is 27.7 Å². The molecule has 3 rings (SSSR count). The molecule has 8 heteroatoms. The Balaban J connectivity index is 1.83. The molecule has 144 valence electrons. The van der Waals surface area contributed by atoms with E-state index in [1.165, 1.54) is 6.92 Å². The molecule has 1 atom stereocenters. The van der Waals surface area contributed by atoms with E-state index in [4.69, 9.17) is 11.6 Å². The van der Waals surface area contributed by atoms with E-state index < -0.39 is 10.0 Å². The van der Waals surface area contributed by atoms with Crippen molar-refractivity contribution < 1.29 is 13.2 Å². The Morgan fingerprint density at radius 2 is 2.04 bits per heavy atom. The van der Waals surface area contributed by atoms with Crippen molar-refractivity contribution in [1.82, 2.24) is 4.72 Å². The molecule has 0 bridgehead atoms. The first-order valence-electron chi connectivity index (χ1n) is 8.56. The number of carbonyl (C=O) groups excluding carboxylic acids is 1. The van der Waals surface area contributed by atoms with Crippen molar-refractivity contribution in [3.63, 3.8) is 0 Å². The van der Waals surface area contributed by atoms with Crippen molar-refractivity contribution in [3.8, 4) is 0 Å². The lowest BCUT2D eigenvalue weighted by Gasteiger charge is -2.21. The van der Waals surface area contributed by atoms with Gasteiger partial charge in [-0.05, 0) is 65.0 Å². The fourth-order valence-electron chi connectivity index (χ4n) is 3.40. The van der Waals surface area contributed by atoms with Crippen LogP contribution in [0.5, 0.6) is 0 Å². The van der Waals surface area contributed by atoms with Crippen LogP contribution in [0.2, 0.25) is 5.02 Å². The molecule has 1 aliphatic heterocycles. The fourth-order valence-corrected chi connectivity index (χ4v) is 5.77. The first-order valence-corrected chi connectivity index (χ1v) is 11.2. The second-order valence-electron chi connectivity index (χ2n) is 6.59. The van der Waals surface area contributed by atoms with Gasteiger partial charge in [-0.15, -0.1) is 0 Å². The lowest BCUT2D eigenvalue weighted by Crippen LogP contribution is -2.33. The van der Waals surface area contributed by atoms with Crippen LogP contribution >= 0.6 is 27.5 Å². The number of benzene rings is 2. The Morgan fingerprint density at radius 1 is 1.33 bits per heavy atom. The lowest BCUT2D eigenvalue weighted by molar-refractivity contribution is -0.116. The largest absolute Gasteiger partial charge is 0.309 e. The average molecular weight is 472 g/mol. The van der Waals surface area contributed by atoms with Gasteiger partial charge in [-0.1, -0.05) is 29.8 Å². The Labute approximate surface area is 172 Å². The summed E-state index contributed by atoms with van der Waals surface area (Å²) in [6.07, 6.45) is 1.19. The second-order valence-corrected chi connectivity index (χ2v) is 9.59. The Kier molecular flexibility index (Phi) is 5.96. The number of nitrogens with zero attached hydrogens (tertiary/aromatic N) is 1. The molecule has 1 aliphatic rings. The van der Waals surface area contributed by atoms with Crippen LogP contribution in [0.1, 0.15) is 25.0 Å². The summed E-state index contributed by atoms with van der Waals surface area (Å²) in [6.45, 7) is 3.66. The van der Waals surface area contributed by atoms with Gasteiger partial charge in [-0.25, -0.2) is 13.1 Å². The van der Waals surface area contributed by atoms with E-state index in [0.29, 0.717) is 28.0 Å². The van der Waals surface area contributed by atoms with Gasteiger partial charge in [0.15, 0.2) is 0 Å². The van der Waals surface area contributed by atoms with E-state index in [1.807, 2.05) is 25.1 Å². The lowest BCUT2D eigenvalue weighted by atomic mass is 10.1. The number of sulfonamides is 1. The zero-order valence-electron chi connectivity index (χ0n) is 15.0. The highest BCUT2D eigenvalue weighted by Crippen LogP contribution is 2.37. The monoisotopic (exact) mass is 470 g/mol. The molecule has 2 aromatic carbocycles. The van der Waals surface area contributed by atoms with Gasteiger partial charge in [0.2, 0.25) is 15.9 Å². The van der Waals surface area contributed by atoms with Gasteiger partial charge in [0, 0.05) is 34.7 Å². The smallest absolute Gasteiger partial charge is 0.241 e. The van der Waals surface area contributed by atoms with Crippen LogP contribution in [0, 0.1) is 0 Å². The van der Waals surface area contributed by atoms with Crippen LogP contribution in [0.3, 0.4) is 0 Å². The van der Waals surface area contributed by atoms with Crippen molar-refractivity contribution >= 4 is 49.1 Å². The third-order valence-electron chi connectivity index (χ3n) is 4.62. The number of carbonyl (C=O) groups is 1. The predicted octanol–water partition coefficient (Wildman–Crippen LogP) is 3.92. The van der Waals surface area contributed by atoms with E-state index in [2.05, 4.69) is 20.7 Å². The van der Waals surface area contributed by atoms with E-state index in [0.717, 1.165) is 11.1 Å². The molecule has 27 heavy (non-hydrogen) atoms. The van der Waals surface area contributed by atoms with E-state index in [-0.39, 0.29) is 23.4 Å². The number of hydrogen-bond donors (Lipinski definition) is 1.